The molecular formula is C18H16Cl2N4O2. The third kappa shape index (κ3) is 3.38. The van der Waals surface area contributed by atoms with Gasteiger partial charge in [0.1, 0.15) is 5.75 Å². The molecule has 0 amide bonds. The van der Waals surface area contributed by atoms with Crippen LogP contribution in [0, 0.1) is 0 Å². The molecule has 1 aromatic heterocycles. The number of aromatic nitrogens is 2. The lowest BCUT2D eigenvalue weighted by Gasteiger charge is -2.12. The van der Waals surface area contributed by atoms with Crippen LogP contribution >= 0.6 is 23.2 Å². The second kappa shape index (κ2) is 7.35. The van der Waals surface area contributed by atoms with Crippen LogP contribution in [-0.2, 0) is 6.54 Å². The van der Waals surface area contributed by atoms with E-state index in [1.54, 1.807) is 31.2 Å². The van der Waals surface area contributed by atoms with E-state index in [0.29, 0.717) is 39.7 Å². The van der Waals surface area contributed by atoms with E-state index >= 15 is 0 Å². The Morgan fingerprint density at radius 2 is 2.04 bits per heavy atom. The van der Waals surface area contributed by atoms with Gasteiger partial charge in [0.15, 0.2) is 0 Å². The number of nitrogens with one attached hydrogen (secondary N) is 1. The van der Waals surface area contributed by atoms with E-state index in [9.17, 15) is 9.90 Å². The van der Waals surface area contributed by atoms with Crippen LogP contribution in [0.5, 0.6) is 5.75 Å². The first-order chi connectivity index (χ1) is 12.4. The fourth-order valence-corrected chi connectivity index (χ4v) is 3.08. The number of rotatable bonds is 4. The van der Waals surface area contributed by atoms with Crippen LogP contribution in [0.25, 0.3) is 10.9 Å². The molecule has 3 rings (SSSR count). The van der Waals surface area contributed by atoms with Crippen molar-refractivity contribution in [3.8, 4) is 5.75 Å². The Hall–Kier alpha value is -2.57. The molecule has 8 heteroatoms. The van der Waals surface area contributed by atoms with Crippen LogP contribution in [0.3, 0.4) is 0 Å². The Morgan fingerprint density at radius 3 is 2.77 bits per heavy atom. The molecule has 134 valence electrons. The van der Waals surface area contributed by atoms with Crippen molar-refractivity contribution in [3.63, 3.8) is 0 Å². The van der Waals surface area contributed by atoms with Crippen LogP contribution in [-0.4, -0.2) is 20.4 Å². The van der Waals surface area contributed by atoms with E-state index in [1.165, 1.54) is 10.6 Å². The van der Waals surface area contributed by atoms with Crippen LogP contribution < -0.4 is 11.0 Å². The predicted octanol–water partition coefficient (Wildman–Crippen LogP) is 4.26. The van der Waals surface area contributed by atoms with E-state index in [2.05, 4.69) is 15.5 Å². The molecule has 0 unspecified atom stereocenters. The number of aromatic hydroxyl groups is 1. The number of phenolic OH excluding ortho intramolecular Hbond substituents is 1. The maximum absolute atomic E-state index is 12.6. The van der Waals surface area contributed by atoms with Crippen LogP contribution in [0.15, 0.2) is 46.3 Å². The molecule has 6 nitrogen and oxygen atoms in total. The Balaban J connectivity index is 2.04. The van der Waals surface area contributed by atoms with Crippen molar-refractivity contribution in [3.05, 3.63) is 62.4 Å². The van der Waals surface area contributed by atoms with Gasteiger partial charge in [-0.15, -0.1) is 0 Å². The fourth-order valence-electron chi connectivity index (χ4n) is 2.58. The molecule has 0 saturated carbocycles. The van der Waals surface area contributed by atoms with E-state index in [1.807, 2.05) is 13.0 Å². The first-order valence-electron chi connectivity index (χ1n) is 7.90. The van der Waals surface area contributed by atoms with Crippen molar-refractivity contribution in [1.82, 2.24) is 9.55 Å². The van der Waals surface area contributed by atoms with E-state index in [4.69, 9.17) is 23.2 Å². The van der Waals surface area contributed by atoms with Gasteiger partial charge in [-0.25, -0.2) is 10.4 Å². The molecule has 26 heavy (non-hydrogen) atoms. The number of anilines is 1. The molecule has 0 aliphatic carbocycles. The van der Waals surface area contributed by atoms with Gasteiger partial charge in [0.25, 0.3) is 5.56 Å². The lowest BCUT2D eigenvalue weighted by atomic mass is 10.1. The summed E-state index contributed by atoms with van der Waals surface area (Å²) in [5.41, 5.74) is 4.06. The van der Waals surface area contributed by atoms with Gasteiger partial charge in [-0.2, -0.15) is 5.10 Å². The number of fused-ring (bicyclic) bond motifs is 1. The normalized spacial score (nSPS) is 11.8. The summed E-state index contributed by atoms with van der Waals surface area (Å²) in [6, 6.07) is 10.1. The zero-order valence-electron chi connectivity index (χ0n) is 14.1. The van der Waals surface area contributed by atoms with E-state index < -0.39 is 0 Å². The highest BCUT2D eigenvalue weighted by Crippen LogP contribution is 2.31. The van der Waals surface area contributed by atoms with Crippen molar-refractivity contribution < 1.29 is 5.11 Å². The van der Waals surface area contributed by atoms with Crippen molar-refractivity contribution in [2.24, 2.45) is 5.10 Å². The third-order valence-corrected chi connectivity index (χ3v) is 4.43. The number of benzene rings is 2. The first kappa shape index (κ1) is 18.2. The number of nitrogens with zero attached hydrogens (tertiary/aromatic N) is 3. The molecule has 3 aromatic rings. The van der Waals surface area contributed by atoms with Crippen LogP contribution in [0.1, 0.15) is 19.4 Å². The van der Waals surface area contributed by atoms with Crippen LogP contribution in [0.4, 0.5) is 5.95 Å². The van der Waals surface area contributed by atoms with Crippen molar-refractivity contribution in [2.45, 2.75) is 20.4 Å². The van der Waals surface area contributed by atoms with Gasteiger partial charge >= 0.3 is 0 Å². The number of hydrogen-bond acceptors (Lipinski definition) is 5. The van der Waals surface area contributed by atoms with E-state index in [0.717, 1.165) is 0 Å². The molecule has 2 N–H and O–H groups in total. The average molecular weight is 391 g/mol. The van der Waals surface area contributed by atoms with Gasteiger partial charge in [0, 0.05) is 17.1 Å². The molecule has 0 aliphatic rings. The van der Waals surface area contributed by atoms with Crippen molar-refractivity contribution >= 4 is 45.8 Å². The zero-order valence-corrected chi connectivity index (χ0v) is 15.6. The minimum absolute atomic E-state index is 0.113. The Morgan fingerprint density at radius 1 is 1.31 bits per heavy atom. The van der Waals surface area contributed by atoms with Gasteiger partial charge in [-0.3, -0.25) is 9.36 Å². The summed E-state index contributed by atoms with van der Waals surface area (Å²) in [7, 11) is 0. The molecule has 0 spiro atoms. The molecule has 1 heterocycles. The average Bonchev–Trinajstić information content (AvgIpc) is 2.63. The Bertz CT molecular complexity index is 1080. The van der Waals surface area contributed by atoms with Crippen molar-refractivity contribution in [2.75, 3.05) is 5.43 Å². The lowest BCUT2D eigenvalue weighted by Crippen LogP contribution is -2.23. The quantitative estimate of drug-likeness (QED) is 0.514. The second-order valence-electron chi connectivity index (χ2n) is 5.59. The molecule has 0 atom stereocenters. The lowest BCUT2D eigenvalue weighted by molar-refractivity contribution is 0.474. The summed E-state index contributed by atoms with van der Waals surface area (Å²) >= 11 is 11.9. The molecule has 0 aliphatic heterocycles. The summed E-state index contributed by atoms with van der Waals surface area (Å²) < 4.78 is 1.49. The summed E-state index contributed by atoms with van der Waals surface area (Å²) in [6.07, 6.45) is 0. The monoisotopic (exact) mass is 390 g/mol. The smallest absolute Gasteiger partial charge is 0.262 e. The zero-order chi connectivity index (χ0) is 18.8. The standard InChI is InChI=1S/C18H16Cl2N4O2/c1-3-24-17(26)12-6-4-5-7-15(12)21-18(24)23-22-10(2)13-8-11(19)9-14(20)16(13)25/h4-9,25H,3H2,1-2H3,(H,21,23)/b22-10+. The molecule has 0 radical (unpaired) electrons. The Labute approximate surface area is 159 Å². The van der Waals surface area contributed by atoms with Crippen LogP contribution in [0.2, 0.25) is 10.0 Å². The number of para-hydroxylation sites is 1. The SMILES string of the molecule is CCn1c(N/N=C(\C)c2cc(Cl)cc(Cl)c2O)nc2ccccc2c1=O. The highest BCUT2D eigenvalue weighted by atomic mass is 35.5. The van der Waals surface area contributed by atoms with Gasteiger partial charge in [-0.05, 0) is 38.1 Å². The minimum Gasteiger partial charge on any atom is -0.506 e. The first-order valence-corrected chi connectivity index (χ1v) is 8.66. The largest absolute Gasteiger partial charge is 0.506 e. The predicted molar refractivity (Wildman–Crippen MR) is 106 cm³/mol. The topological polar surface area (TPSA) is 79.5 Å². The molecule has 0 saturated heterocycles. The van der Waals surface area contributed by atoms with Gasteiger partial charge < -0.3 is 5.11 Å². The number of halogens is 2. The molecule has 0 bridgehead atoms. The molecule has 0 fully saturated rings. The highest BCUT2D eigenvalue weighted by molar-refractivity contribution is 6.36. The number of hydrazone groups is 1. The number of phenols is 1. The van der Waals surface area contributed by atoms with Gasteiger partial charge in [0.05, 0.1) is 21.6 Å². The van der Waals surface area contributed by atoms with Gasteiger partial charge in [0.2, 0.25) is 5.95 Å². The summed E-state index contributed by atoms with van der Waals surface area (Å²) in [5, 5.41) is 15.4. The van der Waals surface area contributed by atoms with Crippen molar-refractivity contribution in [1.29, 1.82) is 0 Å². The van der Waals surface area contributed by atoms with E-state index in [-0.39, 0.29) is 16.3 Å². The second-order valence-corrected chi connectivity index (χ2v) is 6.44. The summed E-state index contributed by atoms with van der Waals surface area (Å²) in [4.78, 5) is 17.1. The summed E-state index contributed by atoms with van der Waals surface area (Å²) in [6.45, 7) is 3.97. The summed E-state index contributed by atoms with van der Waals surface area (Å²) in [5.74, 6) is 0.196. The third-order valence-electron chi connectivity index (χ3n) is 3.92. The molecule has 2 aromatic carbocycles. The minimum atomic E-state index is -0.151. The molecular weight excluding hydrogens is 375 g/mol. The Kier molecular flexibility index (Phi) is 5.15. The fraction of sp³-hybridized carbons (Fsp3) is 0.167. The number of hydrogen-bond donors (Lipinski definition) is 2. The maximum atomic E-state index is 12.6. The maximum Gasteiger partial charge on any atom is 0.262 e. The van der Waals surface area contributed by atoms with Gasteiger partial charge in [-0.1, -0.05) is 35.3 Å². The highest BCUT2D eigenvalue weighted by Gasteiger charge is 2.12.